The molecule has 0 unspecified atom stereocenters. The molecule has 1 aromatic carbocycles. The largest absolute Gasteiger partial charge is 0.396 e. The maximum absolute atomic E-state index is 8.90. The Bertz CT molecular complexity index is 419. The maximum atomic E-state index is 8.90. The molecule has 1 aliphatic rings. The number of nitriles is 1. The van der Waals surface area contributed by atoms with Gasteiger partial charge in [-0.15, -0.1) is 0 Å². The quantitative estimate of drug-likeness (QED) is 0.806. The third-order valence-electron chi connectivity index (χ3n) is 3.15. The highest BCUT2D eigenvalue weighted by molar-refractivity contribution is 7.99. The van der Waals surface area contributed by atoms with Crippen LogP contribution in [0.25, 0.3) is 0 Å². The van der Waals surface area contributed by atoms with Crippen molar-refractivity contribution in [3.8, 4) is 6.07 Å². The molecule has 1 saturated heterocycles. The Morgan fingerprint density at radius 3 is 2.88 bits per heavy atom. The minimum atomic E-state index is 0.550. The second-order valence-corrected chi connectivity index (χ2v) is 5.54. The molecule has 0 atom stereocenters. The highest BCUT2D eigenvalue weighted by Gasteiger charge is 2.14. The topological polar surface area (TPSA) is 61.8 Å². The van der Waals surface area contributed by atoms with Crippen molar-refractivity contribution in [3.05, 3.63) is 23.8 Å². The SMILES string of the molecule is N#Cc1cccc(NCC2CCSCC2)c1N. The third-order valence-corrected chi connectivity index (χ3v) is 4.20. The van der Waals surface area contributed by atoms with E-state index in [2.05, 4.69) is 11.4 Å². The minimum absolute atomic E-state index is 0.550. The molecule has 0 aromatic heterocycles. The molecule has 3 N–H and O–H groups in total. The summed E-state index contributed by atoms with van der Waals surface area (Å²) in [5, 5.41) is 12.3. The maximum Gasteiger partial charge on any atom is 0.101 e. The Kier molecular flexibility index (Phi) is 4.16. The number of para-hydroxylation sites is 1. The van der Waals surface area contributed by atoms with Gasteiger partial charge in [-0.3, -0.25) is 0 Å². The third kappa shape index (κ3) is 3.07. The van der Waals surface area contributed by atoms with E-state index in [0.29, 0.717) is 11.3 Å². The van der Waals surface area contributed by atoms with Crippen LogP contribution in [-0.2, 0) is 0 Å². The van der Waals surface area contributed by atoms with Crippen LogP contribution in [0, 0.1) is 17.2 Å². The van der Waals surface area contributed by atoms with Gasteiger partial charge in [-0.2, -0.15) is 17.0 Å². The summed E-state index contributed by atoms with van der Waals surface area (Å²) in [6.07, 6.45) is 2.55. The predicted molar refractivity (Wildman–Crippen MR) is 74.1 cm³/mol. The summed E-state index contributed by atoms with van der Waals surface area (Å²) in [6, 6.07) is 7.66. The molecule has 0 radical (unpaired) electrons. The van der Waals surface area contributed by atoms with Gasteiger partial charge in [0.1, 0.15) is 6.07 Å². The zero-order chi connectivity index (χ0) is 12.1. The number of hydrogen-bond donors (Lipinski definition) is 2. The van der Waals surface area contributed by atoms with Gasteiger partial charge in [0.15, 0.2) is 0 Å². The summed E-state index contributed by atoms with van der Waals surface area (Å²) in [5.74, 6) is 3.27. The average Bonchev–Trinajstić information content (AvgIpc) is 2.39. The predicted octanol–water partition coefficient (Wildman–Crippen LogP) is 2.70. The summed E-state index contributed by atoms with van der Waals surface area (Å²) < 4.78 is 0. The summed E-state index contributed by atoms with van der Waals surface area (Å²) >= 11 is 2.03. The molecule has 1 aliphatic heterocycles. The number of nitrogens with one attached hydrogen (secondary N) is 1. The van der Waals surface area contributed by atoms with Gasteiger partial charge in [0.05, 0.1) is 16.9 Å². The number of rotatable bonds is 3. The fraction of sp³-hybridized carbons (Fsp3) is 0.462. The molecule has 0 saturated carbocycles. The summed E-state index contributed by atoms with van der Waals surface area (Å²) in [4.78, 5) is 0. The Balaban J connectivity index is 1.96. The zero-order valence-electron chi connectivity index (χ0n) is 9.78. The van der Waals surface area contributed by atoms with E-state index in [9.17, 15) is 0 Å². The lowest BCUT2D eigenvalue weighted by Crippen LogP contribution is -2.19. The number of nitrogens with two attached hydrogens (primary N) is 1. The fourth-order valence-corrected chi connectivity index (χ4v) is 3.23. The molecule has 1 heterocycles. The van der Waals surface area contributed by atoms with E-state index in [0.717, 1.165) is 18.2 Å². The lowest BCUT2D eigenvalue weighted by Gasteiger charge is -2.22. The monoisotopic (exact) mass is 247 g/mol. The summed E-state index contributed by atoms with van der Waals surface area (Å²) in [6.45, 7) is 0.958. The number of nitrogens with zero attached hydrogens (tertiary/aromatic N) is 1. The molecule has 1 fully saturated rings. The highest BCUT2D eigenvalue weighted by Crippen LogP contribution is 2.26. The average molecular weight is 247 g/mol. The van der Waals surface area contributed by atoms with Crippen molar-refractivity contribution < 1.29 is 0 Å². The lowest BCUT2D eigenvalue weighted by atomic mass is 10.0. The van der Waals surface area contributed by atoms with Crippen LogP contribution in [0.15, 0.2) is 18.2 Å². The van der Waals surface area contributed by atoms with E-state index >= 15 is 0 Å². The minimum Gasteiger partial charge on any atom is -0.396 e. The highest BCUT2D eigenvalue weighted by atomic mass is 32.2. The molecule has 2 rings (SSSR count). The molecular weight excluding hydrogens is 230 g/mol. The van der Waals surface area contributed by atoms with E-state index in [-0.39, 0.29) is 0 Å². The van der Waals surface area contributed by atoms with Crippen molar-refractivity contribution in [2.45, 2.75) is 12.8 Å². The lowest BCUT2D eigenvalue weighted by molar-refractivity contribution is 0.516. The van der Waals surface area contributed by atoms with Crippen LogP contribution in [0.5, 0.6) is 0 Å². The molecule has 0 aliphatic carbocycles. The van der Waals surface area contributed by atoms with Crippen molar-refractivity contribution in [2.75, 3.05) is 29.1 Å². The van der Waals surface area contributed by atoms with Crippen LogP contribution >= 0.6 is 11.8 Å². The van der Waals surface area contributed by atoms with Gasteiger partial charge < -0.3 is 11.1 Å². The number of hydrogen-bond acceptors (Lipinski definition) is 4. The van der Waals surface area contributed by atoms with E-state index < -0.39 is 0 Å². The normalized spacial score (nSPS) is 16.4. The Hall–Kier alpha value is -1.34. The smallest absolute Gasteiger partial charge is 0.101 e. The van der Waals surface area contributed by atoms with Crippen molar-refractivity contribution >= 4 is 23.1 Å². The standard InChI is InChI=1S/C13H17N3S/c14-8-11-2-1-3-12(13(11)15)16-9-10-4-6-17-7-5-10/h1-3,10,16H,4-7,9,15H2. The molecule has 90 valence electrons. The summed E-state index contributed by atoms with van der Waals surface area (Å²) in [5.41, 5.74) is 7.93. The van der Waals surface area contributed by atoms with Gasteiger partial charge in [-0.05, 0) is 42.4 Å². The van der Waals surface area contributed by atoms with Crippen molar-refractivity contribution in [2.24, 2.45) is 5.92 Å². The van der Waals surface area contributed by atoms with Crippen LogP contribution in [-0.4, -0.2) is 18.1 Å². The molecule has 0 amide bonds. The Morgan fingerprint density at radius 2 is 2.18 bits per heavy atom. The first-order valence-electron chi connectivity index (χ1n) is 5.91. The Morgan fingerprint density at radius 1 is 1.41 bits per heavy atom. The molecule has 1 aromatic rings. The van der Waals surface area contributed by atoms with Crippen molar-refractivity contribution in [1.82, 2.24) is 0 Å². The zero-order valence-corrected chi connectivity index (χ0v) is 10.6. The second-order valence-electron chi connectivity index (χ2n) is 4.32. The molecule has 4 heteroatoms. The van der Waals surface area contributed by atoms with Gasteiger partial charge in [0.25, 0.3) is 0 Å². The first-order chi connectivity index (χ1) is 8.31. The van der Waals surface area contributed by atoms with E-state index in [1.807, 2.05) is 23.9 Å². The van der Waals surface area contributed by atoms with E-state index in [1.165, 1.54) is 24.3 Å². The Labute approximate surface area is 106 Å². The van der Waals surface area contributed by atoms with Gasteiger partial charge >= 0.3 is 0 Å². The van der Waals surface area contributed by atoms with Gasteiger partial charge in [0.2, 0.25) is 0 Å². The first kappa shape index (κ1) is 12.1. The van der Waals surface area contributed by atoms with Crippen molar-refractivity contribution in [3.63, 3.8) is 0 Å². The summed E-state index contributed by atoms with van der Waals surface area (Å²) in [7, 11) is 0. The van der Waals surface area contributed by atoms with E-state index in [1.54, 1.807) is 6.07 Å². The van der Waals surface area contributed by atoms with Crippen LogP contribution in [0.4, 0.5) is 11.4 Å². The van der Waals surface area contributed by atoms with Crippen LogP contribution in [0.3, 0.4) is 0 Å². The van der Waals surface area contributed by atoms with E-state index in [4.69, 9.17) is 11.0 Å². The molecule has 0 bridgehead atoms. The first-order valence-corrected chi connectivity index (χ1v) is 7.07. The fourth-order valence-electron chi connectivity index (χ4n) is 2.02. The van der Waals surface area contributed by atoms with Crippen LogP contribution < -0.4 is 11.1 Å². The number of anilines is 2. The van der Waals surface area contributed by atoms with Crippen LogP contribution in [0.1, 0.15) is 18.4 Å². The molecule has 17 heavy (non-hydrogen) atoms. The van der Waals surface area contributed by atoms with Gasteiger partial charge in [0, 0.05) is 6.54 Å². The number of nitrogen functional groups attached to an aromatic ring is 1. The van der Waals surface area contributed by atoms with Crippen LogP contribution in [0.2, 0.25) is 0 Å². The molecular formula is C13H17N3S. The second kappa shape index (κ2) is 5.83. The van der Waals surface area contributed by atoms with Crippen molar-refractivity contribution in [1.29, 1.82) is 5.26 Å². The van der Waals surface area contributed by atoms with Gasteiger partial charge in [-0.25, -0.2) is 0 Å². The number of benzene rings is 1. The molecule has 3 nitrogen and oxygen atoms in total. The number of thioether (sulfide) groups is 1. The molecule has 0 spiro atoms. The van der Waals surface area contributed by atoms with Gasteiger partial charge in [-0.1, -0.05) is 6.07 Å².